The van der Waals surface area contributed by atoms with Gasteiger partial charge in [-0.3, -0.25) is 28.4 Å². The first-order chi connectivity index (χ1) is 20.3. The van der Waals surface area contributed by atoms with Gasteiger partial charge in [-0.2, -0.15) is 0 Å². The van der Waals surface area contributed by atoms with Gasteiger partial charge in [0, 0.05) is 51.7 Å². The number of likely N-dealkylation sites (tertiary alicyclic amines) is 2. The van der Waals surface area contributed by atoms with E-state index in [2.05, 4.69) is 48.3 Å². The molecule has 9 nitrogen and oxygen atoms in total. The third-order valence-corrected chi connectivity index (χ3v) is 8.63. The van der Waals surface area contributed by atoms with Gasteiger partial charge < -0.3 is 10.2 Å². The fourth-order valence-corrected chi connectivity index (χ4v) is 6.60. The van der Waals surface area contributed by atoms with Crippen molar-refractivity contribution < 1.29 is 9.59 Å². The minimum Gasteiger partial charge on any atom is -0.353 e. The molecule has 9 heteroatoms. The molecule has 2 fully saturated rings. The van der Waals surface area contributed by atoms with E-state index in [0.717, 1.165) is 38.9 Å². The van der Waals surface area contributed by atoms with E-state index in [-0.39, 0.29) is 42.9 Å². The Hall–Kier alpha value is -3.72. The molecule has 5 rings (SSSR count). The summed E-state index contributed by atoms with van der Waals surface area (Å²) in [5.74, 6) is 0.649. The van der Waals surface area contributed by atoms with Gasteiger partial charge in [-0.15, -0.1) is 0 Å². The van der Waals surface area contributed by atoms with E-state index in [1.807, 2.05) is 11.0 Å². The van der Waals surface area contributed by atoms with Crippen LogP contribution >= 0.6 is 0 Å². The molecule has 0 bridgehead atoms. The Kier molecular flexibility index (Phi) is 9.57. The normalized spacial score (nSPS) is 20.1. The highest BCUT2D eigenvalue weighted by Gasteiger charge is 2.27. The van der Waals surface area contributed by atoms with Crippen molar-refractivity contribution in [1.82, 2.24) is 24.3 Å². The van der Waals surface area contributed by atoms with E-state index in [1.54, 1.807) is 24.3 Å². The highest BCUT2D eigenvalue weighted by Crippen LogP contribution is 2.21. The minimum absolute atomic E-state index is 0.0609. The van der Waals surface area contributed by atoms with Crippen LogP contribution in [0.4, 0.5) is 0 Å². The van der Waals surface area contributed by atoms with Crippen molar-refractivity contribution in [3.8, 4) is 0 Å². The van der Waals surface area contributed by atoms with E-state index in [1.165, 1.54) is 14.7 Å². The number of piperidine rings is 2. The number of nitrogens with one attached hydrogen (secondary N) is 1. The maximum Gasteiger partial charge on any atom is 0.331 e. The van der Waals surface area contributed by atoms with Gasteiger partial charge in [-0.25, -0.2) is 4.79 Å². The van der Waals surface area contributed by atoms with Crippen LogP contribution in [0.5, 0.6) is 0 Å². The van der Waals surface area contributed by atoms with E-state index < -0.39 is 5.69 Å². The third kappa shape index (κ3) is 7.18. The maximum absolute atomic E-state index is 13.6. The summed E-state index contributed by atoms with van der Waals surface area (Å²) in [6.07, 6.45) is 3.47. The SMILES string of the molecule is CC1CC(C)CN(C(=O)Cn2c(=O)n(CCCC(=O)NC3CCN(Cc4ccccc4)CC3)c(=O)c3ccccc32)C1. The molecule has 2 amide bonds. The van der Waals surface area contributed by atoms with Crippen LogP contribution in [0.3, 0.4) is 0 Å². The van der Waals surface area contributed by atoms with Crippen molar-refractivity contribution in [1.29, 1.82) is 0 Å². The number of carbonyl (C=O) groups is 2. The third-order valence-electron chi connectivity index (χ3n) is 8.63. The van der Waals surface area contributed by atoms with Crippen molar-refractivity contribution >= 4 is 22.7 Å². The Labute approximate surface area is 247 Å². The fourth-order valence-electron chi connectivity index (χ4n) is 6.60. The zero-order chi connectivity index (χ0) is 29.6. The number of carbonyl (C=O) groups excluding carboxylic acids is 2. The van der Waals surface area contributed by atoms with E-state index in [0.29, 0.717) is 42.2 Å². The second-order valence-electron chi connectivity index (χ2n) is 12.3. The molecule has 0 aliphatic carbocycles. The first-order valence-corrected chi connectivity index (χ1v) is 15.3. The lowest BCUT2D eigenvalue weighted by Crippen LogP contribution is -2.47. The van der Waals surface area contributed by atoms with Crippen LogP contribution in [0.1, 0.15) is 51.5 Å². The van der Waals surface area contributed by atoms with E-state index in [9.17, 15) is 19.2 Å². The molecule has 2 aromatic carbocycles. The van der Waals surface area contributed by atoms with Crippen LogP contribution in [0, 0.1) is 11.8 Å². The predicted molar refractivity (Wildman–Crippen MR) is 164 cm³/mol. The number of nitrogens with zero attached hydrogens (tertiary/aromatic N) is 4. The molecule has 2 unspecified atom stereocenters. The Bertz CT molecular complexity index is 1500. The second kappa shape index (κ2) is 13.5. The van der Waals surface area contributed by atoms with Crippen LogP contribution in [-0.2, 0) is 29.2 Å². The zero-order valence-corrected chi connectivity index (χ0v) is 24.8. The quantitative estimate of drug-likeness (QED) is 0.424. The smallest absolute Gasteiger partial charge is 0.331 e. The topological polar surface area (TPSA) is 96.7 Å². The average molecular weight is 574 g/mol. The van der Waals surface area contributed by atoms with Gasteiger partial charge in [0.25, 0.3) is 5.56 Å². The lowest BCUT2D eigenvalue weighted by Gasteiger charge is -2.35. The predicted octanol–water partition coefficient (Wildman–Crippen LogP) is 3.23. The summed E-state index contributed by atoms with van der Waals surface area (Å²) in [4.78, 5) is 57.1. The molecule has 1 aromatic heterocycles. The number of benzene rings is 2. The number of rotatable bonds is 9. The zero-order valence-electron chi connectivity index (χ0n) is 24.8. The Morgan fingerprint density at radius 2 is 1.55 bits per heavy atom. The van der Waals surface area contributed by atoms with Crippen LogP contribution in [0.2, 0.25) is 0 Å². The van der Waals surface area contributed by atoms with Gasteiger partial charge in [0.2, 0.25) is 11.8 Å². The van der Waals surface area contributed by atoms with Crippen LogP contribution in [-0.4, -0.2) is 63.0 Å². The summed E-state index contributed by atoms with van der Waals surface area (Å²) in [6.45, 7) is 8.43. The standard InChI is InChI=1S/C33H43N5O4/c1-24-19-25(2)21-36(20-24)31(40)23-38-29-12-7-6-11-28(29)32(41)37(33(38)42)16-8-13-30(39)34-27-14-17-35(18-15-27)22-26-9-4-3-5-10-26/h3-7,9-12,24-25,27H,8,13-23H2,1-2H3,(H,34,39). The summed E-state index contributed by atoms with van der Waals surface area (Å²) in [6, 6.07) is 17.5. The van der Waals surface area contributed by atoms with Crippen LogP contribution < -0.4 is 16.6 Å². The molecule has 0 spiro atoms. The van der Waals surface area contributed by atoms with Crippen molar-refractivity contribution in [2.24, 2.45) is 11.8 Å². The average Bonchev–Trinajstić information content (AvgIpc) is 2.98. The van der Waals surface area contributed by atoms with Gasteiger partial charge in [-0.05, 0) is 55.2 Å². The first-order valence-electron chi connectivity index (χ1n) is 15.3. The molecule has 0 radical (unpaired) electrons. The van der Waals surface area contributed by atoms with Crippen molar-refractivity contribution in [2.45, 2.75) is 71.6 Å². The van der Waals surface area contributed by atoms with E-state index in [4.69, 9.17) is 0 Å². The number of hydrogen-bond donors (Lipinski definition) is 1. The molecule has 3 heterocycles. The molecular formula is C33H43N5O4. The highest BCUT2D eigenvalue weighted by molar-refractivity contribution is 5.81. The van der Waals surface area contributed by atoms with Crippen molar-refractivity contribution in [2.75, 3.05) is 26.2 Å². The molecule has 2 atom stereocenters. The lowest BCUT2D eigenvalue weighted by atomic mass is 9.92. The van der Waals surface area contributed by atoms with Crippen molar-refractivity contribution in [3.63, 3.8) is 0 Å². The number of aromatic nitrogens is 2. The molecule has 2 saturated heterocycles. The fraction of sp³-hybridized carbons (Fsp3) is 0.515. The molecule has 3 aromatic rings. The largest absolute Gasteiger partial charge is 0.353 e. The molecular weight excluding hydrogens is 530 g/mol. The summed E-state index contributed by atoms with van der Waals surface area (Å²) in [7, 11) is 0. The van der Waals surface area contributed by atoms with E-state index >= 15 is 0 Å². The Balaban J connectivity index is 1.19. The maximum atomic E-state index is 13.6. The highest BCUT2D eigenvalue weighted by atomic mass is 16.2. The van der Waals surface area contributed by atoms with Crippen LogP contribution in [0.25, 0.3) is 10.9 Å². The molecule has 224 valence electrons. The monoisotopic (exact) mass is 573 g/mol. The summed E-state index contributed by atoms with van der Waals surface area (Å²) >= 11 is 0. The van der Waals surface area contributed by atoms with Gasteiger partial charge in [-0.1, -0.05) is 56.3 Å². The molecule has 1 N–H and O–H groups in total. The Morgan fingerprint density at radius 3 is 2.26 bits per heavy atom. The van der Waals surface area contributed by atoms with Gasteiger partial charge in [0.05, 0.1) is 10.9 Å². The lowest BCUT2D eigenvalue weighted by molar-refractivity contribution is -0.134. The number of hydrogen-bond acceptors (Lipinski definition) is 5. The minimum atomic E-state index is -0.503. The molecule has 0 saturated carbocycles. The summed E-state index contributed by atoms with van der Waals surface area (Å²) < 4.78 is 2.61. The number of amides is 2. The van der Waals surface area contributed by atoms with Crippen LogP contribution in [0.15, 0.2) is 64.2 Å². The number of fused-ring (bicyclic) bond motifs is 1. The van der Waals surface area contributed by atoms with Gasteiger partial charge in [0.1, 0.15) is 6.54 Å². The molecule has 42 heavy (non-hydrogen) atoms. The summed E-state index contributed by atoms with van der Waals surface area (Å²) in [5, 5.41) is 3.54. The number of para-hydroxylation sites is 1. The second-order valence-corrected chi connectivity index (χ2v) is 12.3. The first kappa shape index (κ1) is 29.8. The Morgan fingerprint density at radius 1 is 0.881 bits per heavy atom. The van der Waals surface area contributed by atoms with Crippen molar-refractivity contribution in [3.05, 3.63) is 81.0 Å². The van der Waals surface area contributed by atoms with Gasteiger partial charge >= 0.3 is 5.69 Å². The molecule has 2 aliphatic rings. The van der Waals surface area contributed by atoms with Gasteiger partial charge in [0.15, 0.2) is 0 Å². The summed E-state index contributed by atoms with van der Waals surface area (Å²) in [5.41, 5.74) is 0.872. The molecule has 2 aliphatic heterocycles.